The Morgan fingerprint density at radius 1 is 1.00 bits per heavy atom. The Bertz CT molecular complexity index is 1300. The normalized spacial score (nSPS) is 17.7. The van der Waals surface area contributed by atoms with E-state index >= 15 is 0 Å². The summed E-state index contributed by atoms with van der Waals surface area (Å²) < 4.78 is 16.3. The molecule has 1 aliphatic rings. The highest BCUT2D eigenvalue weighted by Gasteiger charge is 2.48. The molecule has 2 heterocycles. The van der Waals surface area contributed by atoms with Gasteiger partial charge in [0.25, 0.3) is 0 Å². The number of benzene rings is 2. The summed E-state index contributed by atoms with van der Waals surface area (Å²) in [5.41, 5.74) is 1.71. The van der Waals surface area contributed by atoms with Crippen LogP contribution in [0.15, 0.2) is 72.4 Å². The van der Waals surface area contributed by atoms with Crippen LogP contribution < -0.4 is 19.5 Å². The quantitative estimate of drug-likeness (QED) is 0.433. The first kappa shape index (κ1) is 26.7. The minimum atomic E-state index is -0.874. The lowest BCUT2D eigenvalue weighted by Gasteiger charge is -2.46. The molecule has 0 bridgehead atoms. The third-order valence-electron chi connectivity index (χ3n) is 6.95. The molecule has 1 fully saturated rings. The summed E-state index contributed by atoms with van der Waals surface area (Å²) in [5.74, 6) is 1.67. The fourth-order valence-corrected chi connectivity index (χ4v) is 4.79. The van der Waals surface area contributed by atoms with Gasteiger partial charge in [0.2, 0.25) is 0 Å². The van der Waals surface area contributed by atoms with Gasteiger partial charge in [-0.15, -0.1) is 0 Å². The number of anilines is 1. The van der Waals surface area contributed by atoms with Crippen molar-refractivity contribution in [1.29, 1.82) is 0 Å². The SMILES string of the molecule is COc1ccc(CC2N(C(=O)Nc3c(OC)cccc3OC)C/C(=C\c3ccccn3)C(=O)C2(C)C)cc1. The number of hydrogen-bond donors (Lipinski definition) is 1. The molecule has 1 aromatic heterocycles. The molecule has 198 valence electrons. The van der Waals surface area contributed by atoms with Crippen molar-refractivity contribution < 1.29 is 23.8 Å². The number of ether oxygens (including phenoxy) is 3. The fourth-order valence-electron chi connectivity index (χ4n) is 4.79. The number of amides is 2. The second-order valence-electron chi connectivity index (χ2n) is 9.64. The summed E-state index contributed by atoms with van der Waals surface area (Å²) in [6, 6.07) is 17.7. The highest BCUT2D eigenvalue weighted by atomic mass is 16.5. The molecule has 3 aromatic rings. The van der Waals surface area contributed by atoms with Crippen molar-refractivity contribution in [3.8, 4) is 17.2 Å². The summed E-state index contributed by atoms with van der Waals surface area (Å²) >= 11 is 0. The monoisotopic (exact) mass is 515 g/mol. The highest BCUT2D eigenvalue weighted by Crippen LogP contribution is 2.39. The highest BCUT2D eigenvalue weighted by molar-refractivity contribution is 6.06. The summed E-state index contributed by atoms with van der Waals surface area (Å²) in [7, 11) is 4.69. The van der Waals surface area contributed by atoms with Crippen LogP contribution in [-0.4, -0.2) is 55.6 Å². The number of piperidine rings is 1. The fraction of sp³-hybridized carbons (Fsp3) is 0.300. The molecule has 0 spiro atoms. The molecule has 0 saturated carbocycles. The molecule has 1 atom stereocenters. The van der Waals surface area contributed by atoms with Crippen molar-refractivity contribution in [1.82, 2.24) is 9.88 Å². The predicted molar refractivity (Wildman–Crippen MR) is 147 cm³/mol. The first-order valence-electron chi connectivity index (χ1n) is 12.4. The zero-order valence-electron chi connectivity index (χ0n) is 22.4. The van der Waals surface area contributed by atoms with Crippen molar-refractivity contribution in [2.24, 2.45) is 5.41 Å². The van der Waals surface area contributed by atoms with E-state index in [1.165, 1.54) is 14.2 Å². The topological polar surface area (TPSA) is 90.0 Å². The van der Waals surface area contributed by atoms with E-state index in [1.807, 2.05) is 56.3 Å². The van der Waals surface area contributed by atoms with E-state index in [-0.39, 0.29) is 18.4 Å². The van der Waals surface area contributed by atoms with Crippen molar-refractivity contribution in [2.45, 2.75) is 26.3 Å². The number of para-hydroxylation sites is 1. The van der Waals surface area contributed by atoms with E-state index in [4.69, 9.17) is 14.2 Å². The number of carbonyl (C=O) groups is 2. The van der Waals surface area contributed by atoms with Crippen molar-refractivity contribution in [2.75, 3.05) is 33.2 Å². The van der Waals surface area contributed by atoms with Crippen molar-refractivity contribution in [3.05, 3.63) is 83.7 Å². The second kappa shape index (κ2) is 11.4. The molecule has 1 aliphatic heterocycles. The van der Waals surface area contributed by atoms with Crippen molar-refractivity contribution >= 4 is 23.6 Å². The average molecular weight is 516 g/mol. The maximum Gasteiger partial charge on any atom is 0.322 e. The molecule has 1 saturated heterocycles. The van der Waals surface area contributed by atoms with E-state index in [0.717, 1.165) is 11.3 Å². The van der Waals surface area contributed by atoms with Gasteiger partial charge in [0.05, 0.1) is 39.6 Å². The average Bonchev–Trinajstić information content (AvgIpc) is 2.94. The van der Waals surface area contributed by atoms with Crippen LogP contribution in [0.5, 0.6) is 17.2 Å². The van der Waals surface area contributed by atoms with Crippen LogP contribution in [-0.2, 0) is 11.2 Å². The van der Waals surface area contributed by atoms with E-state index in [1.54, 1.807) is 42.5 Å². The van der Waals surface area contributed by atoms with E-state index < -0.39 is 11.5 Å². The maximum atomic E-state index is 13.9. The zero-order valence-corrected chi connectivity index (χ0v) is 22.4. The van der Waals surface area contributed by atoms with Gasteiger partial charge in [-0.3, -0.25) is 9.78 Å². The minimum absolute atomic E-state index is 0.0133. The lowest BCUT2D eigenvalue weighted by atomic mass is 9.71. The first-order chi connectivity index (χ1) is 18.3. The number of nitrogens with one attached hydrogen (secondary N) is 1. The number of likely N-dealkylation sites (tertiary alicyclic amines) is 1. The Kier molecular flexibility index (Phi) is 8.00. The Labute approximate surface area is 223 Å². The Morgan fingerprint density at radius 2 is 1.68 bits per heavy atom. The standard InChI is InChI=1S/C30H33N3O5/c1-30(2)26(17-20-12-14-23(36-3)15-13-20)33(19-21(28(30)34)18-22-9-6-7-16-31-22)29(35)32-27-24(37-4)10-8-11-25(27)38-5/h6-16,18,26H,17,19H2,1-5H3,(H,32,35)/b21-18+. The second-order valence-corrected chi connectivity index (χ2v) is 9.64. The van der Waals surface area contributed by atoms with Gasteiger partial charge >= 0.3 is 6.03 Å². The third kappa shape index (κ3) is 5.49. The van der Waals surface area contributed by atoms with Crippen LogP contribution >= 0.6 is 0 Å². The number of nitrogens with zero attached hydrogens (tertiary/aromatic N) is 2. The summed E-state index contributed by atoms with van der Waals surface area (Å²) in [4.78, 5) is 33.8. The Hall–Kier alpha value is -4.33. The molecular formula is C30H33N3O5. The van der Waals surface area contributed by atoms with Crippen LogP contribution in [0.1, 0.15) is 25.1 Å². The van der Waals surface area contributed by atoms with E-state index in [9.17, 15) is 9.59 Å². The number of rotatable bonds is 7. The van der Waals surface area contributed by atoms with Gasteiger partial charge in [-0.05, 0) is 54.5 Å². The lowest BCUT2D eigenvalue weighted by molar-refractivity contribution is -0.128. The Balaban J connectivity index is 1.74. The molecule has 2 aromatic carbocycles. The van der Waals surface area contributed by atoms with Gasteiger partial charge < -0.3 is 24.4 Å². The molecule has 4 rings (SSSR count). The van der Waals surface area contributed by atoms with Crippen LogP contribution in [0, 0.1) is 5.41 Å². The molecule has 1 unspecified atom stereocenters. The molecule has 0 aliphatic carbocycles. The summed E-state index contributed by atoms with van der Waals surface area (Å²) in [6.07, 6.45) is 3.92. The third-order valence-corrected chi connectivity index (χ3v) is 6.95. The molecule has 2 amide bonds. The van der Waals surface area contributed by atoms with Crippen LogP contribution in [0.2, 0.25) is 0 Å². The smallest absolute Gasteiger partial charge is 0.322 e. The predicted octanol–water partition coefficient (Wildman–Crippen LogP) is 5.25. The minimum Gasteiger partial charge on any atom is -0.497 e. The van der Waals surface area contributed by atoms with Gasteiger partial charge in [-0.1, -0.05) is 38.1 Å². The molecule has 8 heteroatoms. The molecule has 1 N–H and O–H groups in total. The number of Topliss-reactive ketones (excluding diaryl/α,β-unsaturated/α-hetero) is 1. The van der Waals surface area contributed by atoms with Gasteiger partial charge in [-0.2, -0.15) is 0 Å². The molecule has 38 heavy (non-hydrogen) atoms. The number of pyridine rings is 1. The summed E-state index contributed by atoms with van der Waals surface area (Å²) in [5, 5.41) is 2.98. The number of urea groups is 1. The Morgan fingerprint density at radius 3 is 2.26 bits per heavy atom. The summed E-state index contributed by atoms with van der Waals surface area (Å²) in [6.45, 7) is 3.90. The van der Waals surface area contributed by atoms with Crippen molar-refractivity contribution in [3.63, 3.8) is 0 Å². The van der Waals surface area contributed by atoms with E-state index in [0.29, 0.717) is 34.9 Å². The number of aromatic nitrogens is 1. The number of carbonyl (C=O) groups excluding carboxylic acids is 2. The number of methoxy groups -OCH3 is 3. The number of hydrogen-bond acceptors (Lipinski definition) is 6. The zero-order chi connectivity index (χ0) is 27.3. The van der Waals surface area contributed by atoms with Gasteiger partial charge in [0.15, 0.2) is 5.78 Å². The van der Waals surface area contributed by atoms with Gasteiger partial charge in [0, 0.05) is 17.2 Å². The molecular weight excluding hydrogens is 482 g/mol. The molecule has 0 radical (unpaired) electrons. The van der Waals surface area contributed by atoms with E-state index in [2.05, 4.69) is 10.3 Å². The maximum absolute atomic E-state index is 13.9. The largest absolute Gasteiger partial charge is 0.497 e. The lowest BCUT2D eigenvalue weighted by Crippen LogP contribution is -2.59. The number of ketones is 1. The van der Waals surface area contributed by atoms with Gasteiger partial charge in [-0.25, -0.2) is 4.79 Å². The first-order valence-corrected chi connectivity index (χ1v) is 12.4. The molecule has 8 nitrogen and oxygen atoms in total. The van der Waals surface area contributed by atoms with Crippen LogP contribution in [0.4, 0.5) is 10.5 Å². The van der Waals surface area contributed by atoms with Crippen LogP contribution in [0.25, 0.3) is 6.08 Å². The van der Waals surface area contributed by atoms with Crippen LogP contribution in [0.3, 0.4) is 0 Å². The van der Waals surface area contributed by atoms with Gasteiger partial charge in [0.1, 0.15) is 22.9 Å².